The summed E-state index contributed by atoms with van der Waals surface area (Å²) in [5, 5.41) is 8.76. The largest absolute Gasteiger partial charge is 0.465 e. The Kier molecular flexibility index (Phi) is 2.88. The highest BCUT2D eigenvalue weighted by Gasteiger charge is 2.11. The van der Waals surface area contributed by atoms with Crippen molar-refractivity contribution in [3.05, 3.63) is 34.4 Å². The number of benzene rings is 1. The molecule has 0 aromatic heterocycles. The summed E-state index contributed by atoms with van der Waals surface area (Å²) in [6.07, 6.45) is 0. The Labute approximate surface area is 82.9 Å². The van der Waals surface area contributed by atoms with E-state index in [2.05, 4.69) is 10.8 Å². The molecule has 0 amide bonds. The highest BCUT2D eigenvalue weighted by molar-refractivity contribution is 5.91. The van der Waals surface area contributed by atoms with Gasteiger partial charge >= 0.3 is 5.97 Å². The molecule has 3 heteroatoms. The lowest BCUT2D eigenvalue weighted by Crippen LogP contribution is -2.04. The molecule has 0 aliphatic heterocycles. The maximum atomic E-state index is 11.3. The van der Waals surface area contributed by atoms with E-state index in [1.54, 1.807) is 26.0 Å². The van der Waals surface area contributed by atoms with Crippen LogP contribution >= 0.6 is 0 Å². The molecule has 14 heavy (non-hydrogen) atoms. The van der Waals surface area contributed by atoms with Crippen molar-refractivity contribution < 1.29 is 9.53 Å². The van der Waals surface area contributed by atoms with Gasteiger partial charge < -0.3 is 4.74 Å². The van der Waals surface area contributed by atoms with Gasteiger partial charge in [0.2, 0.25) is 0 Å². The molecule has 0 saturated heterocycles. The van der Waals surface area contributed by atoms with E-state index in [9.17, 15) is 4.79 Å². The molecule has 0 spiro atoms. The van der Waals surface area contributed by atoms with Crippen LogP contribution in [-0.4, -0.2) is 13.1 Å². The van der Waals surface area contributed by atoms with Crippen LogP contribution in [0.25, 0.3) is 0 Å². The van der Waals surface area contributed by atoms with Gasteiger partial charge in [-0.25, -0.2) is 4.79 Å². The third kappa shape index (κ3) is 1.74. The average Bonchev–Trinajstić information content (AvgIpc) is 2.19. The lowest BCUT2D eigenvalue weighted by molar-refractivity contribution is 0.0600. The number of carbonyl (C=O) groups is 1. The van der Waals surface area contributed by atoms with Crippen molar-refractivity contribution >= 4 is 5.97 Å². The van der Waals surface area contributed by atoms with Gasteiger partial charge in [-0.1, -0.05) is 0 Å². The molecular formula is C11H11NO2. The summed E-state index contributed by atoms with van der Waals surface area (Å²) >= 11 is 0. The Balaban J connectivity index is 3.30. The van der Waals surface area contributed by atoms with Crippen LogP contribution < -0.4 is 0 Å². The Bertz CT molecular complexity index is 416. The normalized spacial score (nSPS) is 9.29. The zero-order chi connectivity index (χ0) is 10.7. The van der Waals surface area contributed by atoms with E-state index in [4.69, 9.17) is 5.26 Å². The van der Waals surface area contributed by atoms with Crippen LogP contribution in [0.5, 0.6) is 0 Å². The number of carbonyl (C=O) groups excluding carboxylic acids is 1. The van der Waals surface area contributed by atoms with Gasteiger partial charge in [-0.3, -0.25) is 0 Å². The number of esters is 1. The van der Waals surface area contributed by atoms with E-state index in [-0.39, 0.29) is 5.97 Å². The third-order valence-corrected chi connectivity index (χ3v) is 2.10. The molecule has 0 radical (unpaired) electrons. The fourth-order valence-electron chi connectivity index (χ4n) is 1.27. The fourth-order valence-corrected chi connectivity index (χ4v) is 1.27. The van der Waals surface area contributed by atoms with E-state index in [1.807, 2.05) is 0 Å². The second-order valence-electron chi connectivity index (χ2n) is 3.09. The summed E-state index contributed by atoms with van der Waals surface area (Å²) in [6.45, 7) is 3.58. The predicted molar refractivity (Wildman–Crippen MR) is 52.0 cm³/mol. The molecule has 0 aliphatic carbocycles. The minimum atomic E-state index is -0.366. The number of hydrogen-bond donors (Lipinski definition) is 0. The summed E-state index contributed by atoms with van der Waals surface area (Å²) in [7, 11) is 1.34. The van der Waals surface area contributed by atoms with E-state index < -0.39 is 0 Å². The summed E-state index contributed by atoms with van der Waals surface area (Å²) in [6, 6.07) is 5.44. The minimum absolute atomic E-state index is 0.366. The second kappa shape index (κ2) is 3.93. The monoisotopic (exact) mass is 189 g/mol. The van der Waals surface area contributed by atoms with Crippen molar-refractivity contribution in [3.8, 4) is 6.07 Å². The van der Waals surface area contributed by atoms with Crippen LogP contribution in [0.1, 0.15) is 27.0 Å². The Morgan fingerprint density at radius 1 is 1.36 bits per heavy atom. The second-order valence-corrected chi connectivity index (χ2v) is 3.09. The van der Waals surface area contributed by atoms with E-state index in [0.717, 1.165) is 11.1 Å². The highest BCUT2D eigenvalue weighted by atomic mass is 16.5. The number of nitrogens with zero attached hydrogens (tertiary/aromatic N) is 1. The lowest BCUT2D eigenvalue weighted by atomic mass is 10.0. The summed E-state index contributed by atoms with van der Waals surface area (Å²) < 4.78 is 4.62. The van der Waals surface area contributed by atoms with Crippen molar-refractivity contribution in [1.82, 2.24) is 0 Å². The summed E-state index contributed by atoms with van der Waals surface area (Å²) in [5.74, 6) is -0.366. The molecule has 0 atom stereocenters. The number of hydrogen-bond acceptors (Lipinski definition) is 3. The molecule has 0 N–H and O–H groups in total. The van der Waals surface area contributed by atoms with Crippen LogP contribution in [0, 0.1) is 25.2 Å². The maximum Gasteiger partial charge on any atom is 0.338 e. The number of methoxy groups -OCH3 is 1. The quantitative estimate of drug-likeness (QED) is 0.634. The van der Waals surface area contributed by atoms with Gasteiger partial charge in [0.1, 0.15) is 0 Å². The van der Waals surface area contributed by atoms with Crippen molar-refractivity contribution in [3.63, 3.8) is 0 Å². The van der Waals surface area contributed by atoms with Gasteiger partial charge in [-0.2, -0.15) is 5.26 Å². The number of aryl methyl sites for hydroxylation is 2. The van der Waals surface area contributed by atoms with Crippen molar-refractivity contribution in [2.75, 3.05) is 7.11 Å². The predicted octanol–water partition coefficient (Wildman–Crippen LogP) is 1.96. The van der Waals surface area contributed by atoms with Crippen molar-refractivity contribution in [2.24, 2.45) is 0 Å². The van der Waals surface area contributed by atoms with Gasteiger partial charge in [0.25, 0.3) is 0 Å². The van der Waals surface area contributed by atoms with E-state index in [1.165, 1.54) is 7.11 Å². The van der Waals surface area contributed by atoms with Gasteiger partial charge in [-0.05, 0) is 37.1 Å². The highest BCUT2D eigenvalue weighted by Crippen LogP contribution is 2.16. The standard InChI is InChI=1S/C11H11NO2/c1-7-5-10(11(13)14-3)8(2)4-9(7)6-12/h4-5H,1-3H3. The topological polar surface area (TPSA) is 50.1 Å². The molecule has 1 rings (SSSR count). The van der Waals surface area contributed by atoms with Gasteiger partial charge in [0.05, 0.1) is 24.3 Å². The summed E-state index contributed by atoms with van der Waals surface area (Å²) in [4.78, 5) is 11.3. The van der Waals surface area contributed by atoms with Crippen LogP contribution in [-0.2, 0) is 4.74 Å². The molecule has 0 bridgehead atoms. The first-order chi connectivity index (χ1) is 6.60. The Hall–Kier alpha value is -1.82. The first-order valence-electron chi connectivity index (χ1n) is 4.19. The molecular weight excluding hydrogens is 178 g/mol. The molecule has 0 heterocycles. The Morgan fingerprint density at radius 3 is 2.50 bits per heavy atom. The van der Waals surface area contributed by atoms with E-state index >= 15 is 0 Å². The van der Waals surface area contributed by atoms with Gasteiger partial charge in [-0.15, -0.1) is 0 Å². The molecule has 0 saturated carbocycles. The third-order valence-electron chi connectivity index (χ3n) is 2.10. The van der Waals surface area contributed by atoms with E-state index in [0.29, 0.717) is 11.1 Å². The molecule has 1 aromatic rings. The molecule has 0 aliphatic rings. The molecule has 72 valence electrons. The average molecular weight is 189 g/mol. The van der Waals surface area contributed by atoms with Crippen LogP contribution in [0.4, 0.5) is 0 Å². The van der Waals surface area contributed by atoms with Gasteiger partial charge in [0.15, 0.2) is 0 Å². The lowest BCUT2D eigenvalue weighted by Gasteiger charge is -2.06. The smallest absolute Gasteiger partial charge is 0.338 e. The first-order valence-corrected chi connectivity index (χ1v) is 4.19. The molecule has 0 fully saturated rings. The summed E-state index contributed by atoms with van der Waals surface area (Å²) in [5.41, 5.74) is 2.66. The van der Waals surface area contributed by atoms with Crippen molar-refractivity contribution in [2.45, 2.75) is 13.8 Å². The molecule has 3 nitrogen and oxygen atoms in total. The number of nitriles is 1. The zero-order valence-electron chi connectivity index (χ0n) is 8.42. The number of rotatable bonds is 1. The fraction of sp³-hybridized carbons (Fsp3) is 0.273. The first kappa shape index (κ1) is 10.3. The molecule has 0 unspecified atom stereocenters. The molecule has 1 aromatic carbocycles. The minimum Gasteiger partial charge on any atom is -0.465 e. The van der Waals surface area contributed by atoms with Crippen LogP contribution in [0.15, 0.2) is 12.1 Å². The maximum absolute atomic E-state index is 11.3. The number of ether oxygens (including phenoxy) is 1. The van der Waals surface area contributed by atoms with Crippen LogP contribution in [0.3, 0.4) is 0 Å². The van der Waals surface area contributed by atoms with Gasteiger partial charge in [0, 0.05) is 0 Å². The van der Waals surface area contributed by atoms with Crippen molar-refractivity contribution in [1.29, 1.82) is 5.26 Å². The SMILES string of the molecule is COC(=O)c1cc(C)c(C#N)cc1C. The van der Waals surface area contributed by atoms with Crippen LogP contribution in [0.2, 0.25) is 0 Å². The Morgan fingerprint density at radius 2 is 2.00 bits per heavy atom. The zero-order valence-corrected chi connectivity index (χ0v) is 8.42.